The highest BCUT2D eigenvalue weighted by Gasteiger charge is 2.09. The van der Waals surface area contributed by atoms with Gasteiger partial charge in [-0.1, -0.05) is 30.3 Å². The van der Waals surface area contributed by atoms with Crippen LogP contribution >= 0.6 is 0 Å². The first-order chi connectivity index (χ1) is 11.3. The lowest BCUT2D eigenvalue weighted by molar-refractivity contribution is 0.102. The Morgan fingerprint density at radius 3 is 2.57 bits per heavy atom. The van der Waals surface area contributed by atoms with E-state index in [1.54, 1.807) is 23.0 Å². The molecule has 0 spiro atoms. The van der Waals surface area contributed by atoms with E-state index in [9.17, 15) is 4.79 Å². The summed E-state index contributed by atoms with van der Waals surface area (Å²) in [7, 11) is 0. The number of nitriles is 1. The van der Waals surface area contributed by atoms with E-state index in [0.717, 1.165) is 11.3 Å². The molecule has 2 aromatic carbocycles. The minimum atomic E-state index is -0.222. The first-order valence-electron chi connectivity index (χ1n) is 7.13. The van der Waals surface area contributed by atoms with E-state index in [-0.39, 0.29) is 5.91 Å². The Labute approximate surface area is 133 Å². The summed E-state index contributed by atoms with van der Waals surface area (Å²) in [5.74, 6) is -0.222. The van der Waals surface area contributed by atoms with Gasteiger partial charge >= 0.3 is 0 Å². The van der Waals surface area contributed by atoms with Gasteiger partial charge in [0.15, 0.2) is 0 Å². The van der Waals surface area contributed by atoms with Crippen LogP contribution in [0.1, 0.15) is 15.9 Å². The number of nitrogens with zero attached hydrogens (tertiary/aromatic N) is 3. The molecule has 1 amide bonds. The standard InChI is InChI=1S/C18H14N4O/c19-11-10-14-6-8-16(9-7-14)21-18(23)15-12-20-22(13-15)17-4-2-1-3-5-17/h1-9,12-13H,10H2,(H,21,23). The number of nitrogens with one attached hydrogen (secondary N) is 1. The number of carbonyl (C=O) groups excluding carboxylic acids is 1. The Hall–Kier alpha value is -3.39. The van der Waals surface area contributed by atoms with Crippen LogP contribution in [-0.4, -0.2) is 15.7 Å². The fourth-order valence-corrected chi connectivity index (χ4v) is 2.16. The molecular formula is C18H14N4O. The van der Waals surface area contributed by atoms with Crippen molar-refractivity contribution in [3.63, 3.8) is 0 Å². The first-order valence-corrected chi connectivity index (χ1v) is 7.13. The van der Waals surface area contributed by atoms with Crippen LogP contribution in [0.15, 0.2) is 67.0 Å². The Bertz CT molecular complexity index is 845. The van der Waals surface area contributed by atoms with Crippen molar-refractivity contribution in [1.82, 2.24) is 9.78 Å². The summed E-state index contributed by atoms with van der Waals surface area (Å²) in [5, 5.41) is 15.7. The highest BCUT2D eigenvalue weighted by atomic mass is 16.1. The average Bonchev–Trinajstić information content (AvgIpc) is 3.08. The number of benzene rings is 2. The molecule has 0 saturated carbocycles. The minimum absolute atomic E-state index is 0.222. The zero-order valence-electron chi connectivity index (χ0n) is 12.3. The third kappa shape index (κ3) is 3.44. The monoisotopic (exact) mass is 302 g/mol. The lowest BCUT2D eigenvalue weighted by Crippen LogP contribution is -2.11. The molecule has 5 heteroatoms. The van der Waals surface area contributed by atoms with Crippen molar-refractivity contribution in [2.45, 2.75) is 6.42 Å². The Morgan fingerprint density at radius 1 is 1.13 bits per heavy atom. The predicted octanol–water partition coefficient (Wildman–Crippen LogP) is 3.19. The summed E-state index contributed by atoms with van der Waals surface area (Å²) in [6, 6.07) is 18.9. The molecule has 112 valence electrons. The largest absolute Gasteiger partial charge is 0.322 e. The second-order valence-corrected chi connectivity index (χ2v) is 5.00. The van der Waals surface area contributed by atoms with E-state index >= 15 is 0 Å². The zero-order valence-corrected chi connectivity index (χ0v) is 12.3. The highest BCUT2D eigenvalue weighted by molar-refractivity contribution is 6.03. The summed E-state index contributed by atoms with van der Waals surface area (Å²) in [5.41, 5.74) is 2.98. The Morgan fingerprint density at radius 2 is 1.87 bits per heavy atom. The van der Waals surface area contributed by atoms with Gasteiger partial charge in [-0.3, -0.25) is 4.79 Å². The van der Waals surface area contributed by atoms with Crippen molar-refractivity contribution < 1.29 is 4.79 Å². The maximum Gasteiger partial charge on any atom is 0.258 e. The van der Waals surface area contributed by atoms with Gasteiger partial charge in [0.05, 0.1) is 29.9 Å². The van der Waals surface area contributed by atoms with Gasteiger partial charge in [-0.2, -0.15) is 10.4 Å². The van der Waals surface area contributed by atoms with E-state index in [1.807, 2.05) is 42.5 Å². The maximum atomic E-state index is 12.3. The maximum absolute atomic E-state index is 12.3. The molecule has 0 radical (unpaired) electrons. The predicted molar refractivity (Wildman–Crippen MR) is 87.3 cm³/mol. The number of carbonyl (C=O) groups is 1. The second-order valence-electron chi connectivity index (χ2n) is 5.00. The normalized spacial score (nSPS) is 10.0. The van der Waals surface area contributed by atoms with Crippen LogP contribution in [0.2, 0.25) is 0 Å². The van der Waals surface area contributed by atoms with E-state index < -0.39 is 0 Å². The number of para-hydroxylation sites is 1. The zero-order chi connectivity index (χ0) is 16.1. The van der Waals surface area contributed by atoms with Crippen molar-refractivity contribution in [3.05, 3.63) is 78.1 Å². The average molecular weight is 302 g/mol. The number of hydrogen-bond acceptors (Lipinski definition) is 3. The van der Waals surface area contributed by atoms with Crippen LogP contribution < -0.4 is 5.32 Å². The van der Waals surface area contributed by atoms with Crippen molar-refractivity contribution in [1.29, 1.82) is 5.26 Å². The number of rotatable bonds is 4. The molecule has 3 aromatic rings. The van der Waals surface area contributed by atoms with Gasteiger partial charge in [0.1, 0.15) is 0 Å². The van der Waals surface area contributed by atoms with Crippen molar-refractivity contribution in [2.24, 2.45) is 0 Å². The van der Waals surface area contributed by atoms with Crippen LogP contribution in [0.3, 0.4) is 0 Å². The van der Waals surface area contributed by atoms with Gasteiger partial charge in [0, 0.05) is 11.9 Å². The molecule has 1 N–H and O–H groups in total. The number of anilines is 1. The number of amides is 1. The van der Waals surface area contributed by atoms with Crippen LogP contribution in [0.4, 0.5) is 5.69 Å². The molecule has 3 rings (SSSR count). The van der Waals surface area contributed by atoms with Crippen LogP contribution in [0.25, 0.3) is 5.69 Å². The summed E-state index contributed by atoms with van der Waals surface area (Å²) >= 11 is 0. The van der Waals surface area contributed by atoms with E-state index in [0.29, 0.717) is 17.7 Å². The lowest BCUT2D eigenvalue weighted by atomic mass is 10.1. The number of aromatic nitrogens is 2. The topological polar surface area (TPSA) is 70.7 Å². The fraction of sp³-hybridized carbons (Fsp3) is 0.0556. The molecule has 0 fully saturated rings. The SMILES string of the molecule is N#CCc1ccc(NC(=O)c2cnn(-c3ccccc3)c2)cc1. The summed E-state index contributed by atoms with van der Waals surface area (Å²) in [6.07, 6.45) is 3.58. The van der Waals surface area contributed by atoms with Gasteiger partial charge in [-0.15, -0.1) is 0 Å². The quantitative estimate of drug-likeness (QED) is 0.804. The third-order valence-corrected chi connectivity index (χ3v) is 3.36. The van der Waals surface area contributed by atoms with Crippen molar-refractivity contribution in [2.75, 3.05) is 5.32 Å². The highest BCUT2D eigenvalue weighted by Crippen LogP contribution is 2.13. The molecule has 1 aromatic heterocycles. The van der Waals surface area contributed by atoms with Crippen molar-refractivity contribution >= 4 is 11.6 Å². The molecule has 23 heavy (non-hydrogen) atoms. The molecule has 0 bridgehead atoms. The number of hydrogen-bond donors (Lipinski definition) is 1. The summed E-state index contributed by atoms with van der Waals surface area (Å²) in [4.78, 5) is 12.3. The van der Waals surface area contributed by atoms with Crippen molar-refractivity contribution in [3.8, 4) is 11.8 Å². The molecule has 5 nitrogen and oxygen atoms in total. The van der Waals surface area contributed by atoms with E-state index in [4.69, 9.17) is 5.26 Å². The van der Waals surface area contributed by atoms with Gasteiger partial charge in [-0.25, -0.2) is 4.68 Å². The smallest absolute Gasteiger partial charge is 0.258 e. The molecule has 1 heterocycles. The molecule has 0 saturated heterocycles. The fourth-order valence-electron chi connectivity index (χ4n) is 2.16. The third-order valence-electron chi connectivity index (χ3n) is 3.36. The van der Waals surface area contributed by atoms with Gasteiger partial charge < -0.3 is 5.32 Å². The van der Waals surface area contributed by atoms with E-state index in [1.165, 1.54) is 6.20 Å². The van der Waals surface area contributed by atoms with E-state index in [2.05, 4.69) is 16.5 Å². The Kier molecular flexibility index (Phi) is 4.16. The second kappa shape index (κ2) is 6.58. The summed E-state index contributed by atoms with van der Waals surface area (Å²) < 4.78 is 1.66. The van der Waals surface area contributed by atoms with Crippen LogP contribution in [-0.2, 0) is 6.42 Å². The molecular weight excluding hydrogens is 288 g/mol. The molecule has 0 aliphatic rings. The molecule has 0 unspecified atom stereocenters. The van der Waals surface area contributed by atoms with Crippen LogP contribution in [0, 0.1) is 11.3 Å². The van der Waals surface area contributed by atoms with Crippen LogP contribution in [0.5, 0.6) is 0 Å². The Balaban J connectivity index is 1.71. The van der Waals surface area contributed by atoms with Gasteiger partial charge in [0.25, 0.3) is 5.91 Å². The summed E-state index contributed by atoms with van der Waals surface area (Å²) in [6.45, 7) is 0. The molecule has 0 aliphatic carbocycles. The minimum Gasteiger partial charge on any atom is -0.322 e. The molecule has 0 aliphatic heterocycles. The first kappa shape index (κ1) is 14.5. The lowest BCUT2D eigenvalue weighted by Gasteiger charge is -2.04. The van der Waals surface area contributed by atoms with Gasteiger partial charge in [-0.05, 0) is 29.8 Å². The van der Waals surface area contributed by atoms with Gasteiger partial charge in [0.2, 0.25) is 0 Å². The molecule has 0 atom stereocenters.